The number of nitrogens with zero attached hydrogens (tertiary/aromatic N) is 1. The number of oxime groups is 1. The molecule has 2 amide bonds. The lowest BCUT2D eigenvalue weighted by molar-refractivity contribution is -0.120. The van der Waals surface area contributed by atoms with Gasteiger partial charge in [0.25, 0.3) is 5.91 Å². The molecule has 2 aromatic carbocycles. The van der Waals surface area contributed by atoms with Gasteiger partial charge in [0, 0.05) is 12.6 Å². The Hall–Kier alpha value is -3.35. The predicted molar refractivity (Wildman–Crippen MR) is 95.9 cm³/mol. The van der Waals surface area contributed by atoms with Gasteiger partial charge in [0.2, 0.25) is 5.91 Å². The van der Waals surface area contributed by atoms with E-state index in [1.54, 1.807) is 42.5 Å². The molecule has 0 fully saturated rings. The Bertz CT molecular complexity index is 757. The summed E-state index contributed by atoms with van der Waals surface area (Å²) in [6.07, 6.45) is 1.48. The van der Waals surface area contributed by atoms with Crippen LogP contribution in [0.4, 0.5) is 11.4 Å². The Labute approximate surface area is 145 Å². The first kappa shape index (κ1) is 18.0. The quantitative estimate of drug-likeness (QED) is 0.598. The van der Waals surface area contributed by atoms with Crippen molar-refractivity contribution in [3.8, 4) is 5.75 Å². The SMILES string of the molecule is COc1ccccc1NC(=O)CON=Cc1ccc(NC(C)=O)cc1. The summed E-state index contributed by atoms with van der Waals surface area (Å²) in [5, 5.41) is 9.10. The smallest absolute Gasteiger partial charge is 0.265 e. The third kappa shape index (κ3) is 5.98. The van der Waals surface area contributed by atoms with E-state index < -0.39 is 0 Å². The molecule has 25 heavy (non-hydrogen) atoms. The fraction of sp³-hybridized carbons (Fsp3) is 0.167. The fourth-order valence-electron chi connectivity index (χ4n) is 1.98. The topological polar surface area (TPSA) is 89.0 Å². The number of methoxy groups -OCH3 is 1. The van der Waals surface area contributed by atoms with Crippen LogP contribution in [0.2, 0.25) is 0 Å². The number of hydrogen-bond acceptors (Lipinski definition) is 5. The van der Waals surface area contributed by atoms with Crippen molar-refractivity contribution < 1.29 is 19.2 Å². The lowest BCUT2D eigenvalue weighted by Crippen LogP contribution is -2.17. The van der Waals surface area contributed by atoms with E-state index in [0.29, 0.717) is 17.1 Å². The molecule has 7 heteroatoms. The molecule has 0 aliphatic heterocycles. The number of carbonyl (C=O) groups excluding carboxylic acids is 2. The number of benzene rings is 2. The first-order valence-corrected chi connectivity index (χ1v) is 7.54. The largest absolute Gasteiger partial charge is 0.495 e. The maximum Gasteiger partial charge on any atom is 0.265 e. The zero-order chi connectivity index (χ0) is 18.1. The van der Waals surface area contributed by atoms with Crippen LogP contribution in [0.3, 0.4) is 0 Å². The summed E-state index contributed by atoms with van der Waals surface area (Å²) >= 11 is 0. The monoisotopic (exact) mass is 341 g/mol. The van der Waals surface area contributed by atoms with Gasteiger partial charge in [-0.15, -0.1) is 0 Å². The first-order chi connectivity index (χ1) is 12.1. The Balaban J connectivity index is 1.80. The van der Waals surface area contributed by atoms with Crippen molar-refractivity contribution in [2.24, 2.45) is 5.16 Å². The summed E-state index contributed by atoms with van der Waals surface area (Å²) < 4.78 is 5.15. The summed E-state index contributed by atoms with van der Waals surface area (Å²) in [5.41, 5.74) is 2.04. The number of amides is 2. The maximum atomic E-state index is 11.8. The van der Waals surface area contributed by atoms with Crippen molar-refractivity contribution in [1.29, 1.82) is 0 Å². The summed E-state index contributed by atoms with van der Waals surface area (Å²) in [6, 6.07) is 14.1. The number of carbonyl (C=O) groups is 2. The number of hydrogen-bond donors (Lipinski definition) is 2. The van der Waals surface area contributed by atoms with Crippen LogP contribution < -0.4 is 15.4 Å². The van der Waals surface area contributed by atoms with E-state index in [0.717, 1.165) is 5.56 Å². The average molecular weight is 341 g/mol. The van der Waals surface area contributed by atoms with Crippen LogP contribution in [0, 0.1) is 0 Å². The normalized spacial score (nSPS) is 10.3. The van der Waals surface area contributed by atoms with Crippen molar-refractivity contribution >= 4 is 29.4 Å². The summed E-state index contributed by atoms with van der Waals surface area (Å²) in [5.74, 6) is 0.0899. The molecule has 7 nitrogen and oxygen atoms in total. The zero-order valence-corrected chi connectivity index (χ0v) is 14.0. The van der Waals surface area contributed by atoms with Gasteiger partial charge >= 0.3 is 0 Å². The maximum absolute atomic E-state index is 11.8. The molecule has 0 aliphatic rings. The third-order valence-electron chi connectivity index (χ3n) is 3.08. The molecule has 130 valence electrons. The number of para-hydroxylation sites is 2. The molecular weight excluding hydrogens is 322 g/mol. The van der Waals surface area contributed by atoms with Crippen molar-refractivity contribution in [3.63, 3.8) is 0 Å². The molecular formula is C18H19N3O4. The minimum atomic E-state index is -0.345. The van der Waals surface area contributed by atoms with Gasteiger partial charge in [0.15, 0.2) is 6.61 Å². The highest BCUT2D eigenvalue weighted by Gasteiger charge is 2.06. The van der Waals surface area contributed by atoms with Gasteiger partial charge in [-0.2, -0.15) is 0 Å². The van der Waals surface area contributed by atoms with Gasteiger partial charge < -0.3 is 20.2 Å². The lowest BCUT2D eigenvalue weighted by atomic mass is 10.2. The van der Waals surface area contributed by atoms with Gasteiger partial charge in [-0.3, -0.25) is 9.59 Å². The van der Waals surface area contributed by atoms with E-state index in [4.69, 9.17) is 9.57 Å². The first-order valence-electron chi connectivity index (χ1n) is 7.54. The predicted octanol–water partition coefficient (Wildman–Crippen LogP) is 2.64. The number of ether oxygens (including phenoxy) is 1. The highest BCUT2D eigenvalue weighted by Crippen LogP contribution is 2.22. The Kier molecular flexibility index (Phi) is 6.53. The van der Waals surface area contributed by atoms with Gasteiger partial charge in [-0.1, -0.05) is 29.4 Å². The average Bonchev–Trinajstić information content (AvgIpc) is 2.60. The lowest BCUT2D eigenvalue weighted by Gasteiger charge is -2.08. The fourth-order valence-corrected chi connectivity index (χ4v) is 1.98. The number of nitrogens with one attached hydrogen (secondary N) is 2. The Morgan fingerprint density at radius 1 is 1.08 bits per heavy atom. The van der Waals surface area contributed by atoms with Crippen LogP contribution in [-0.4, -0.2) is 31.7 Å². The zero-order valence-electron chi connectivity index (χ0n) is 14.0. The van der Waals surface area contributed by atoms with E-state index in [-0.39, 0.29) is 18.4 Å². The summed E-state index contributed by atoms with van der Waals surface area (Å²) in [6.45, 7) is 1.22. The number of rotatable bonds is 7. The minimum absolute atomic E-state index is 0.134. The van der Waals surface area contributed by atoms with E-state index >= 15 is 0 Å². The second-order valence-electron chi connectivity index (χ2n) is 5.06. The number of anilines is 2. The second-order valence-corrected chi connectivity index (χ2v) is 5.06. The molecule has 0 saturated heterocycles. The van der Waals surface area contributed by atoms with Crippen LogP contribution >= 0.6 is 0 Å². The molecule has 0 atom stereocenters. The highest BCUT2D eigenvalue weighted by atomic mass is 16.6. The second kappa shape index (κ2) is 9.07. The molecule has 0 bridgehead atoms. The van der Waals surface area contributed by atoms with Gasteiger partial charge in [-0.25, -0.2) is 0 Å². The van der Waals surface area contributed by atoms with Gasteiger partial charge in [0.1, 0.15) is 5.75 Å². The molecule has 0 radical (unpaired) electrons. The molecule has 2 rings (SSSR count). The minimum Gasteiger partial charge on any atom is -0.495 e. The summed E-state index contributed by atoms with van der Waals surface area (Å²) in [4.78, 5) is 27.8. The van der Waals surface area contributed by atoms with E-state index in [2.05, 4.69) is 15.8 Å². The molecule has 2 aromatic rings. The third-order valence-corrected chi connectivity index (χ3v) is 3.08. The van der Waals surface area contributed by atoms with Crippen LogP contribution in [0.25, 0.3) is 0 Å². The molecule has 0 unspecified atom stereocenters. The van der Waals surface area contributed by atoms with E-state index in [9.17, 15) is 9.59 Å². The molecule has 0 aliphatic carbocycles. The molecule has 0 saturated carbocycles. The van der Waals surface area contributed by atoms with Crippen LogP contribution in [-0.2, 0) is 14.4 Å². The van der Waals surface area contributed by atoms with Crippen molar-refractivity contribution in [1.82, 2.24) is 0 Å². The van der Waals surface area contributed by atoms with Crippen molar-refractivity contribution in [3.05, 3.63) is 54.1 Å². The molecule has 0 spiro atoms. The Morgan fingerprint density at radius 2 is 1.80 bits per heavy atom. The Morgan fingerprint density at radius 3 is 2.48 bits per heavy atom. The highest BCUT2D eigenvalue weighted by molar-refractivity contribution is 5.93. The van der Waals surface area contributed by atoms with Crippen LogP contribution in [0.15, 0.2) is 53.7 Å². The van der Waals surface area contributed by atoms with Gasteiger partial charge in [-0.05, 0) is 29.8 Å². The van der Waals surface area contributed by atoms with Gasteiger partial charge in [0.05, 0.1) is 19.0 Å². The van der Waals surface area contributed by atoms with Crippen LogP contribution in [0.5, 0.6) is 5.75 Å². The van der Waals surface area contributed by atoms with E-state index in [1.807, 2.05) is 6.07 Å². The summed E-state index contributed by atoms with van der Waals surface area (Å²) in [7, 11) is 1.53. The molecule has 2 N–H and O–H groups in total. The molecule has 0 heterocycles. The van der Waals surface area contributed by atoms with Crippen molar-refractivity contribution in [2.75, 3.05) is 24.4 Å². The van der Waals surface area contributed by atoms with Crippen molar-refractivity contribution in [2.45, 2.75) is 6.92 Å². The molecule has 0 aromatic heterocycles. The van der Waals surface area contributed by atoms with E-state index in [1.165, 1.54) is 20.2 Å². The van der Waals surface area contributed by atoms with Crippen LogP contribution in [0.1, 0.15) is 12.5 Å². The standard InChI is InChI=1S/C18H19N3O4/c1-13(22)20-15-9-7-14(8-10-15)11-19-25-12-18(23)21-16-5-3-4-6-17(16)24-2/h3-11H,12H2,1-2H3,(H,20,22)(H,21,23).